The second-order valence-electron chi connectivity index (χ2n) is 3.97. The number of ether oxygens (including phenoxy) is 1. The van der Waals surface area contributed by atoms with Crippen LogP contribution in [-0.4, -0.2) is 18.5 Å². The Balaban J connectivity index is 3.11. The molecule has 0 heterocycles. The number of halogens is 1. The summed E-state index contributed by atoms with van der Waals surface area (Å²) in [6, 6.07) is 7.42. The summed E-state index contributed by atoms with van der Waals surface area (Å²) in [7, 11) is 0. The first-order valence-corrected chi connectivity index (χ1v) is 9.08. The Bertz CT molecular complexity index is 458. The quantitative estimate of drug-likeness (QED) is 0.692. The second kappa shape index (κ2) is 8.21. The molecule has 0 aliphatic heterocycles. The molecule has 6 heteroatoms. The maximum atomic E-state index is 11.2. The van der Waals surface area contributed by atoms with Gasteiger partial charge in [-0.1, -0.05) is 0 Å². The molecule has 0 aliphatic carbocycles. The van der Waals surface area contributed by atoms with Gasteiger partial charge in [-0.3, -0.25) is 0 Å². The maximum absolute atomic E-state index is 11.2. The van der Waals surface area contributed by atoms with Crippen LogP contribution in [0.5, 0.6) is 0 Å². The van der Waals surface area contributed by atoms with Crippen molar-refractivity contribution in [2.75, 3.05) is 6.61 Å². The zero-order valence-corrected chi connectivity index (χ0v) is 14.2. The average molecular weight is 394 g/mol. The van der Waals surface area contributed by atoms with Crippen LogP contribution in [0.25, 0.3) is 0 Å². The first-order chi connectivity index (χ1) is 9.45. The predicted octanol–water partition coefficient (Wildman–Crippen LogP) is 3.42. The molecule has 20 heavy (non-hydrogen) atoms. The van der Waals surface area contributed by atoms with Crippen LogP contribution in [0, 0.1) is 3.57 Å². The molecule has 0 amide bonds. The minimum atomic E-state index is -2.81. The molecule has 0 fully saturated rings. The number of rotatable bonds is 6. The molecule has 5 nitrogen and oxygen atoms in total. The van der Waals surface area contributed by atoms with Crippen LogP contribution in [0.4, 0.5) is 0 Å². The summed E-state index contributed by atoms with van der Waals surface area (Å²) in [6.07, 6.45) is -0.151. The molecule has 1 atom stereocenters. The Kier molecular flexibility index (Phi) is 6.94. The fourth-order valence-electron chi connectivity index (χ4n) is 1.58. The molecule has 0 bridgehead atoms. The molecular weight excluding hydrogens is 375 g/mol. The van der Waals surface area contributed by atoms with Gasteiger partial charge in [0, 0.05) is 0 Å². The third-order valence-electron chi connectivity index (χ3n) is 2.28. The van der Waals surface area contributed by atoms with Crippen LogP contribution in [0.15, 0.2) is 24.3 Å². The molecule has 112 valence electrons. The first-order valence-electron chi connectivity index (χ1n) is 6.24. The van der Waals surface area contributed by atoms with Gasteiger partial charge in [-0.25, -0.2) is 0 Å². The molecule has 0 unspecified atom stereocenters. The van der Waals surface area contributed by atoms with Crippen molar-refractivity contribution < 1.29 is 20.5 Å². The molecule has 0 spiro atoms. The van der Waals surface area contributed by atoms with Crippen LogP contribution in [0.3, 0.4) is 0 Å². The summed E-state index contributed by atoms with van der Waals surface area (Å²) >= 11 is -2.81. The second-order valence-corrected chi connectivity index (χ2v) is 7.26. The van der Waals surface area contributed by atoms with E-state index in [4.69, 9.17) is 10.9 Å². The fourth-order valence-corrected chi connectivity index (χ4v) is 4.90. The van der Waals surface area contributed by atoms with Gasteiger partial charge in [-0.05, 0) is 0 Å². The van der Waals surface area contributed by atoms with Gasteiger partial charge in [-0.2, -0.15) is 0 Å². The van der Waals surface area contributed by atoms with E-state index in [1.165, 1.54) is 13.8 Å². The molecule has 1 aromatic carbocycles. The number of carbonyl (C=O) groups excluding carboxylic acids is 2. The van der Waals surface area contributed by atoms with Crippen molar-refractivity contribution in [1.82, 2.24) is 0 Å². The molecule has 0 saturated carbocycles. The Morgan fingerprint density at radius 3 is 2.20 bits per heavy atom. The van der Waals surface area contributed by atoms with Gasteiger partial charge in [0.15, 0.2) is 0 Å². The van der Waals surface area contributed by atoms with E-state index in [0.29, 0.717) is 6.61 Å². The van der Waals surface area contributed by atoms with Crippen LogP contribution in [0.2, 0.25) is 0 Å². The van der Waals surface area contributed by atoms with Gasteiger partial charge in [0.05, 0.1) is 0 Å². The molecule has 0 aliphatic rings. The summed E-state index contributed by atoms with van der Waals surface area (Å²) < 4.78 is 16.8. The number of carbonyl (C=O) groups is 2. The van der Waals surface area contributed by atoms with Crippen molar-refractivity contribution in [2.45, 2.75) is 33.8 Å². The molecule has 0 saturated heterocycles. The van der Waals surface area contributed by atoms with E-state index in [-0.39, 0.29) is 6.10 Å². The summed E-state index contributed by atoms with van der Waals surface area (Å²) in [4.78, 5) is 22.4. The Labute approximate surface area is 127 Å². The van der Waals surface area contributed by atoms with E-state index < -0.39 is 32.6 Å². The van der Waals surface area contributed by atoms with Gasteiger partial charge < -0.3 is 0 Å². The van der Waals surface area contributed by atoms with Crippen LogP contribution < -0.4 is 0 Å². The Hall–Kier alpha value is -1.15. The monoisotopic (exact) mass is 394 g/mol. The number of hydrogen-bond acceptors (Lipinski definition) is 5. The Morgan fingerprint density at radius 1 is 1.15 bits per heavy atom. The van der Waals surface area contributed by atoms with E-state index in [0.717, 1.165) is 9.13 Å². The van der Waals surface area contributed by atoms with Crippen LogP contribution >= 0.6 is 20.6 Å². The SMILES string of the molecule is CCO[C@@H](C)c1ccccc1I(OC(C)=O)OC(C)=O. The van der Waals surface area contributed by atoms with Crippen molar-refractivity contribution in [3.8, 4) is 0 Å². The number of benzene rings is 1. The van der Waals surface area contributed by atoms with Crippen LogP contribution in [-0.2, 0) is 20.5 Å². The van der Waals surface area contributed by atoms with Crippen molar-refractivity contribution in [3.63, 3.8) is 0 Å². The molecule has 1 rings (SSSR count). The predicted molar refractivity (Wildman–Crippen MR) is 82.7 cm³/mol. The van der Waals surface area contributed by atoms with Gasteiger partial charge in [0.25, 0.3) is 0 Å². The van der Waals surface area contributed by atoms with Crippen molar-refractivity contribution in [1.29, 1.82) is 0 Å². The van der Waals surface area contributed by atoms with Crippen molar-refractivity contribution in [3.05, 3.63) is 33.4 Å². The van der Waals surface area contributed by atoms with E-state index in [9.17, 15) is 9.59 Å². The first kappa shape index (κ1) is 16.9. The normalized spacial score (nSPS) is 12.5. The van der Waals surface area contributed by atoms with E-state index >= 15 is 0 Å². The van der Waals surface area contributed by atoms with Crippen molar-refractivity contribution >= 4 is 32.6 Å². The number of hydrogen-bond donors (Lipinski definition) is 0. The topological polar surface area (TPSA) is 61.8 Å². The van der Waals surface area contributed by atoms with E-state index in [1.807, 2.05) is 38.1 Å². The van der Waals surface area contributed by atoms with Gasteiger partial charge in [0.2, 0.25) is 0 Å². The van der Waals surface area contributed by atoms with E-state index in [1.54, 1.807) is 0 Å². The molecule has 1 aromatic rings. The van der Waals surface area contributed by atoms with Gasteiger partial charge >= 0.3 is 127 Å². The molecule has 0 radical (unpaired) electrons. The van der Waals surface area contributed by atoms with Crippen LogP contribution in [0.1, 0.15) is 39.4 Å². The van der Waals surface area contributed by atoms with Gasteiger partial charge in [-0.15, -0.1) is 0 Å². The molecular formula is C14H19IO5. The summed E-state index contributed by atoms with van der Waals surface area (Å²) in [6.45, 7) is 7.02. The molecule has 0 N–H and O–H groups in total. The third-order valence-corrected chi connectivity index (χ3v) is 6.26. The average Bonchev–Trinajstić information content (AvgIpc) is 2.37. The standard InChI is InChI=1S/C14H19IO5/c1-5-18-10(2)13-8-6-7-9-14(13)15(19-11(3)16)20-12(4)17/h6-10H,5H2,1-4H3/t10-/m0/s1. The fraction of sp³-hybridized carbons (Fsp3) is 0.429. The summed E-state index contributed by atoms with van der Waals surface area (Å²) in [5.74, 6) is -0.898. The van der Waals surface area contributed by atoms with Crippen molar-refractivity contribution in [2.24, 2.45) is 0 Å². The molecule has 0 aromatic heterocycles. The zero-order chi connectivity index (χ0) is 15.1. The van der Waals surface area contributed by atoms with E-state index in [2.05, 4.69) is 0 Å². The zero-order valence-electron chi connectivity index (χ0n) is 12.0. The summed E-state index contributed by atoms with van der Waals surface area (Å²) in [5, 5.41) is 0. The van der Waals surface area contributed by atoms with Gasteiger partial charge in [0.1, 0.15) is 0 Å². The Morgan fingerprint density at radius 2 is 1.70 bits per heavy atom. The minimum absolute atomic E-state index is 0.151. The third kappa shape index (κ3) is 5.09. The summed E-state index contributed by atoms with van der Waals surface area (Å²) in [5.41, 5.74) is 0.891.